The Labute approximate surface area is 157 Å². The minimum absolute atomic E-state index is 0.0489. The average molecular weight is 371 g/mol. The van der Waals surface area contributed by atoms with Crippen LogP contribution < -0.4 is 10.6 Å². The Balaban J connectivity index is 1.67. The van der Waals surface area contributed by atoms with Gasteiger partial charge in [-0.3, -0.25) is 15.0 Å². The maximum atomic E-state index is 13.8. The molecule has 0 radical (unpaired) electrons. The summed E-state index contributed by atoms with van der Waals surface area (Å²) in [6.45, 7) is 1.56. The molecule has 0 aliphatic carbocycles. The maximum absolute atomic E-state index is 13.8. The molecule has 0 bridgehead atoms. The zero-order valence-corrected chi connectivity index (χ0v) is 15.1. The molecular formula is C20H22FN3O3. The molecule has 0 saturated carbocycles. The Morgan fingerprint density at radius 3 is 2.70 bits per heavy atom. The molecule has 2 N–H and O–H groups in total. The fraction of sp³-hybridized carbons (Fsp3) is 0.300. The van der Waals surface area contributed by atoms with Gasteiger partial charge in [-0.2, -0.15) is 0 Å². The minimum atomic E-state index is -0.776. The molecule has 27 heavy (non-hydrogen) atoms. The van der Waals surface area contributed by atoms with Crippen molar-refractivity contribution in [2.75, 3.05) is 24.3 Å². The zero-order valence-electron chi connectivity index (χ0n) is 15.1. The number of nitrogens with one attached hydrogen (secondary N) is 2. The Hall–Kier alpha value is -2.93. The molecule has 0 spiro atoms. The number of halogens is 1. The van der Waals surface area contributed by atoms with Crippen LogP contribution in [0.25, 0.3) is 0 Å². The Kier molecular flexibility index (Phi) is 6.03. The first kappa shape index (κ1) is 18.8. The summed E-state index contributed by atoms with van der Waals surface area (Å²) >= 11 is 0. The predicted molar refractivity (Wildman–Crippen MR) is 101 cm³/mol. The SMILES string of the molecule is COC(=O)Nc1cc(NC(=O)C2CCCN2Cc2ccccc2)ccc1F. The van der Waals surface area contributed by atoms with Crippen LogP contribution in [0.2, 0.25) is 0 Å². The van der Waals surface area contributed by atoms with E-state index in [1.165, 1.54) is 25.3 Å². The highest BCUT2D eigenvalue weighted by molar-refractivity contribution is 5.96. The summed E-state index contributed by atoms with van der Waals surface area (Å²) in [4.78, 5) is 26.2. The van der Waals surface area contributed by atoms with Crippen molar-refractivity contribution >= 4 is 23.4 Å². The van der Waals surface area contributed by atoms with E-state index in [1.54, 1.807) is 0 Å². The number of ether oxygens (including phenoxy) is 1. The van der Waals surface area contributed by atoms with Crippen LogP contribution in [0.3, 0.4) is 0 Å². The van der Waals surface area contributed by atoms with Gasteiger partial charge >= 0.3 is 6.09 Å². The first-order valence-corrected chi connectivity index (χ1v) is 8.80. The second kappa shape index (κ2) is 8.64. The summed E-state index contributed by atoms with van der Waals surface area (Å²) in [5.41, 5.74) is 1.52. The molecule has 1 aliphatic rings. The van der Waals surface area contributed by atoms with Gasteiger partial charge < -0.3 is 10.1 Å². The summed E-state index contributed by atoms with van der Waals surface area (Å²) in [6.07, 6.45) is 0.943. The molecule has 6 nitrogen and oxygen atoms in total. The molecule has 2 aromatic rings. The summed E-state index contributed by atoms with van der Waals surface area (Å²) < 4.78 is 18.3. The van der Waals surface area contributed by atoms with Crippen molar-refractivity contribution in [2.24, 2.45) is 0 Å². The molecule has 142 valence electrons. The van der Waals surface area contributed by atoms with Crippen LogP contribution in [-0.2, 0) is 16.1 Å². The van der Waals surface area contributed by atoms with Gasteiger partial charge in [-0.25, -0.2) is 9.18 Å². The standard InChI is InChI=1S/C20H22FN3O3/c1-27-20(26)23-17-12-15(9-10-16(17)21)22-19(25)18-8-5-11-24(18)13-14-6-3-2-4-7-14/h2-4,6-7,9-10,12,18H,5,8,11,13H2,1H3,(H,22,25)(H,23,26). The van der Waals surface area contributed by atoms with Crippen LogP contribution in [0.4, 0.5) is 20.6 Å². The molecule has 2 aromatic carbocycles. The average Bonchev–Trinajstić information content (AvgIpc) is 3.13. The number of likely N-dealkylation sites (tertiary alicyclic amines) is 1. The molecule has 1 heterocycles. The molecule has 1 atom stereocenters. The summed E-state index contributed by atoms with van der Waals surface area (Å²) in [6, 6.07) is 13.8. The number of hydrogen-bond acceptors (Lipinski definition) is 4. The Bertz CT molecular complexity index is 813. The van der Waals surface area contributed by atoms with E-state index in [9.17, 15) is 14.0 Å². The number of hydrogen-bond donors (Lipinski definition) is 2. The molecule has 1 unspecified atom stereocenters. The second-order valence-corrected chi connectivity index (χ2v) is 6.41. The van der Waals surface area contributed by atoms with Crippen LogP contribution in [0.5, 0.6) is 0 Å². The van der Waals surface area contributed by atoms with Gasteiger partial charge in [0.15, 0.2) is 0 Å². The number of rotatable bonds is 5. The monoisotopic (exact) mass is 371 g/mol. The zero-order chi connectivity index (χ0) is 19.2. The van der Waals surface area contributed by atoms with E-state index in [2.05, 4.69) is 20.3 Å². The maximum Gasteiger partial charge on any atom is 0.411 e. The number of carbonyl (C=O) groups is 2. The van der Waals surface area contributed by atoms with Crippen molar-refractivity contribution < 1.29 is 18.7 Å². The fourth-order valence-electron chi connectivity index (χ4n) is 3.22. The van der Waals surface area contributed by atoms with Gasteiger partial charge in [-0.1, -0.05) is 30.3 Å². The van der Waals surface area contributed by atoms with E-state index in [0.29, 0.717) is 12.2 Å². The van der Waals surface area contributed by atoms with Crippen LogP contribution in [0, 0.1) is 5.82 Å². The summed E-state index contributed by atoms with van der Waals surface area (Å²) in [5.74, 6) is -0.746. The number of anilines is 2. The van der Waals surface area contributed by atoms with Gasteiger partial charge in [0.05, 0.1) is 18.8 Å². The first-order chi connectivity index (χ1) is 13.1. The lowest BCUT2D eigenvalue weighted by molar-refractivity contribution is -0.120. The highest BCUT2D eigenvalue weighted by Gasteiger charge is 2.30. The normalized spacial score (nSPS) is 16.7. The topological polar surface area (TPSA) is 70.7 Å². The first-order valence-electron chi connectivity index (χ1n) is 8.80. The highest BCUT2D eigenvalue weighted by atomic mass is 19.1. The van der Waals surface area contributed by atoms with E-state index >= 15 is 0 Å². The quantitative estimate of drug-likeness (QED) is 0.842. The van der Waals surface area contributed by atoms with Gasteiger partial charge in [0.25, 0.3) is 0 Å². The fourth-order valence-corrected chi connectivity index (χ4v) is 3.22. The minimum Gasteiger partial charge on any atom is -0.453 e. The van der Waals surface area contributed by atoms with Crippen molar-refractivity contribution in [3.8, 4) is 0 Å². The second-order valence-electron chi connectivity index (χ2n) is 6.41. The summed E-state index contributed by atoms with van der Waals surface area (Å²) in [5, 5.41) is 5.11. The van der Waals surface area contributed by atoms with Gasteiger partial charge in [0, 0.05) is 12.2 Å². The van der Waals surface area contributed by atoms with Gasteiger partial charge in [0.1, 0.15) is 5.82 Å². The largest absolute Gasteiger partial charge is 0.453 e. The van der Waals surface area contributed by atoms with Gasteiger partial charge in [-0.05, 0) is 43.1 Å². The lowest BCUT2D eigenvalue weighted by Crippen LogP contribution is -2.39. The van der Waals surface area contributed by atoms with Crippen LogP contribution in [-0.4, -0.2) is 36.6 Å². The van der Waals surface area contributed by atoms with E-state index < -0.39 is 11.9 Å². The molecule has 3 rings (SSSR count). The van der Waals surface area contributed by atoms with Crippen LogP contribution in [0.15, 0.2) is 48.5 Å². The van der Waals surface area contributed by atoms with E-state index in [-0.39, 0.29) is 17.6 Å². The number of amides is 2. The number of carbonyl (C=O) groups excluding carboxylic acids is 2. The molecule has 1 fully saturated rings. The molecule has 7 heteroatoms. The number of methoxy groups -OCH3 is 1. The number of benzene rings is 2. The van der Waals surface area contributed by atoms with Crippen molar-refractivity contribution in [1.29, 1.82) is 0 Å². The van der Waals surface area contributed by atoms with Gasteiger partial charge in [0.2, 0.25) is 5.91 Å². The smallest absolute Gasteiger partial charge is 0.411 e. The predicted octanol–water partition coefficient (Wildman–Crippen LogP) is 3.61. The third kappa shape index (κ3) is 4.83. The molecule has 1 saturated heterocycles. The highest BCUT2D eigenvalue weighted by Crippen LogP contribution is 2.24. The van der Waals surface area contributed by atoms with Crippen molar-refractivity contribution in [2.45, 2.75) is 25.4 Å². The van der Waals surface area contributed by atoms with E-state index in [4.69, 9.17) is 0 Å². The molecule has 0 aromatic heterocycles. The Morgan fingerprint density at radius 2 is 1.96 bits per heavy atom. The van der Waals surface area contributed by atoms with Crippen molar-refractivity contribution in [3.05, 3.63) is 59.9 Å². The van der Waals surface area contributed by atoms with Crippen molar-refractivity contribution in [3.63, 3.8) is 0 Å². The number of nitrogens with zero attached hydrogens (tertiary/aromatic N) is 1. The van der Waals surface area contributed by atoms with E-state index in [0.717, 1.165) is 24.9 Å². The third-order valence-electron chi connectivity index (χ3n) is 4.55. The summed E-state index contributed by atoms with van der Waals surface area (Å²) in [7, 11) is 1.19. The van der Waals surface area contributed by atoms with Crippen LogP contribution in [0.1, 0.15) is 18.4 Å². The van der Waals surface area contributed by atoms with Crippen molar-refractivity contribution in [1.82, 2.24) is 4.90 Å². The van der Waals surface area contributed by atoms with Gasteiger partial charge in [-0.15, -0.1) is 0 Å². The molecular weight excluding hydrogens is 349 g/mol. The molecule has 2 amide bonds. The van der Waals surface area contributed by atoms with E-state index in [1.807, 2.05) is 30.3 Å². The third-order valence-corrected chi connectivity index (χ3v) is 4.55. The Morgan fingerprint density at radius 1 is 1.19 bits per heavy atom. The van der Waals surface area contributed by atoms with Crippen LogP contribution >= 0.6 is 0 Å². The lowest BCUT2D eigenvalue weighted by Gasteiger charge is -2.24. The lowest BCUT2D eigenvalue weighted by atomic mass is 10.1. The molecule has 1 aliphatic heterocycles.